The maximum atomic E-state index is 14.8. The number of benzene rings is 1. The quantitative estimate of drug-likeness (QED) is 0.586. The molecule has 2 fully saturated rings. The number of cyclic esters (lactones) is 1. The van der Waals surface area contributed by atoms with Crippen LogP contribution in [-0.4, -0.2) is 50.2 Å². The van der Waals surface area contributed by atoms with Gasteiger partial charge in [-0.1, -0.05) is 5.57 Å². The Kier molecular flexibility index (Phi) is 6.60. The molecule has 0 unspecified atom stereocenters. The summed E-state index contributed by atoms with van der Waals surface area (Å²) in [5.41, 5.74) is 2.74. The molecule has 154 valence electrons. The Bertz CT molecular complexity index is 873. The van der Waals surface area contributed by atoms with Crippen molar-refractivity contribution < 1.29 is 18.7 Å². The highest BCUT2D eigenvalue weighted by molar-refractivity contribution is 6.27. The normalized spacial score (nSPS) is 19.0. The van der Waals surface area contributed by atoms with Gasteiger partial charge in [-0.15, -0.1) is 11.6 Å². The van der Waals surface area contributed by atoms with Crippen LogP contribution in [0.15, 0.2) is 29.5 Å². The number of alkyl halides is 1. The molecule has 0 aromatic heterocycles. The summed E-state index contributed by atoms with van der Waals surface area (Å²) in [5.74, 6) is -0.923. The number of carbonyl (C=O) groups is 2. The number of rotatable bonds is 5. The van der Waals surface area contributed by atoms with Crippen molar-refractivity contribution in [1.29, 1.82) is 0 Å². The number of piperidine rings is 1. The molecule has 2 aliphatic rings. The van der Waals surface area contributed by atoms with Gasteiger partial charge in [0.05, 0.1) is 31.0 Å². The number of halogens is 2. The lowest BCUT2D eigenvalue weighted by atomic mass is 10.0. The lowest BCUT2D eigenvalue weighted by molar-refractivity contribution is -0.119. The first-order valence-corrected chi connectivity index (χ1v) is 9.87. The summed E-state index contributed by atoms with van der Waals surface area (Å²) in [7, 11) is 0. The minimum absolute atomic E-state index is 0.155. The minimum atomic E-state index is -0.579. The van der Waals surface area contributed by atoms with Crippen molar-refractivity contribution in [2.75, 3.05) is 41.9 Å². The van der Waals surface area contributed by atoms with Gasteiger partial charge in [-0.3, -0.25) is 9.69 Å². The predicted molar refractivity (Wildman–Crippen MR) is 108 cm³/mol. The van der Waals surface area contributed by atoms with Crippen LogP contribution in [0.25, 0.3) is 4.85 Å². The summed E-state index contributed by atoms with van der Waals surface area (Å²) in [6.07, 6.45) is 0.382. The highest BCUT2D eigenvalue weighted by Crippen LogP contribution is 2.31. The highest BCUT2D eigenvalue weighted by Gasteiger charge is 2.33. The van der Waals surface area contributed by atoms with Gasteiger partial charge in [-0.25, -0.2) is 14.0 Å². The Morgan fingerprint density at radius 3 is 2.76 bits per heavy atom. The van der Waals surface area contributed by atoms with Crippen LogP contribution >= 0.6 is 11.6 Å². The summed E-state index contributed by atoms with van der Waals surface area (Å²) in [6, 6.07) is 4.68. The molecule has 29 heavy (non-hydrogen) atoms. The van der Waals surface area contributed by atoms with E-state index in [0.29, 0.717) is 24.5 Å². The third-order valence-electron chi connectivity index (χ3n) is 5.15. The van der Waals surface area contributed by atoms with E-state index >= 15 is 0 Å². The van der Waals surface area contributed by atoms with Gasteiger partial charge in [-0.2, -0.15) is 0 Å². The molecule has 2 amide bonds. The van der Waals surface area contributed by atoms with Crippen molar-refractivity contribution >= 4 is 35.0 Å². The van der Waals surface area contributed by atoms with Crippen molar-refractivity contribution in [1.82, 2.24) is 5.32 Å². The van der Waals surface area contributed by atoms with Gasteiger partial charge >= 0.3 is 6.09 Å². The number of carbonyl (C=O) groups excluding carboxylic acids is 2. The van der Waals surface area contributed by atoms with E-state index in [0.717, 1.165) is 24.1 Å². The first-order chi connectivity index (χ1) is 13.9. The summed E-state index contributed by atoms with van der Waals surface area (Å²) < 4.78 is 20.0. The lowest BCUT2D eigenvalue weighted by Gasteiger charge is -2.31. The van der Waals surface area contributed by atoms with Gasteiger partial charge in [0.1, 0.15) is 17.8 Å². The smallest absolute Gasteiger partial charge is 0.414 e. The fourth-order valence-corrected chi connectivity index (χ4v) is 3.59. The Hall–Kier alpha value is -2.79. The van der Waals surface area contributed by atoms with Crippen LogP contribution in [0.2, 0.25) is 0 Å². The van der Waals surface area contributed by atoms with Crippen LogP contribution in [0.1, 0.15) is 19.8 Å². The van der Waals surface area contributed by atoms with Gasteiger partial charge in [0.25, 0.3) is 0 Å². The molecule has 2 heterocycles. The number of amides is 2. The number of anilines is 2. The molecule has 7 nitrogen and oxygen atoms in total. The van der Waals surface area contributed by atoms with Gasteiger partial charge in [0.2, 0.25) is 5.91 Å². The molecule has 0 aliphatic carbocycles. The molecule has 0 spiro atoms. The van der Waals surface area contributed by atoms with Crippen molar-refractivity contribution in [3.8, 4) is 0 Å². The maximum Gasteiger partial charge on any atom is 0.414 e. The zero-order chi connectivity index (χ0) is 21.0. The summed E-state index contributed by atoms with van der Waals surface area (Å²) in [4.78, 5) is 30.1. The largest absolute Gasteiger partial charge is 0.442 e. The predicted octanol–water partition coefficient (Wildman–Crippen LogP) is 3.30. The van der Waals surface area contributed by atoms with Gasteiger partial charge < -0.3 is 15.0 Å². The Morgan fingerprint density at radius 2 is 2.14 bits per heavy atom. The number of allylic oxidation sites excluding steroid dienone is 1. The molecule has 2 aliphatic heterocycles. The minimum Gasteiger partial charge on any atom is -0.442 e. The molecule has 0 radical (unpaired) electrons. The fraction of sp³-hybridized carbons (Fsp3) is 0.450. The molecule has 1 atom stereocenters. The van der Waals surface area contributed by atoms with Crippen LogP contribution in [0.5, 0.6) is 0 Å². The number of nitrogens with zero attached hydrogens (tertiary/aromatic N) is 3. The van der Waals surface area contributed by atoms with Crippen LogP contribution in [0, 0.1) is 12.4 Å². The molecular formula is C20H22ClFN4O3. The van der Waals surface area contributed by atoms with Crippen molar-refractivity contribution in [3.63, 3.8) is 0 Å². The topological polar surface area (TPSA) is 66.2 Å². The summed E-state index contributed by atoms with van der Waals surface area (Å²) in [5, 5.41) is 2.57. The van der Waals surface area contributed by atoms with Gasteiger partial charge in [0, 0.05) is 13.1 Å². The van der Waals surface area contributed by atoms with Gasteiger partial charge in [0.15, 0.2) is 5.70 Å². The van der Waals surface area contributed by atoms with E-state index in [-0.39, 0.29) is 24.9 Å². The zero-order valence-electron chi connectivity index (χ0n) is 16.1. The van der Waals surface area contributed by atoms with Crippen molar-refractivity contribution in [2.45, 2.75) is 25.9 Å². The van der Waals surface area contributed by atoms with Gasteiger partial charge in [-0.05, 0) is 38.0 Å². The molecular weight excluding hydrogens is 399 g/mol. The van der Waals surface area contributed by atoms with E-state index in [9.17, 15) is 14.0 Å². The Labute approximate surface area is 173 Å². The molecule has 2 saturated heterocycles. The fourth-order valence-electron chi connectivity index (χ4n) is 3.49. The number of hydrogen-bond donors (Lipinski definition) is 1. The third-order valence-corrected chi connectivity index (χ3v) is 5.40. The molecule has 1 aromatic carbocycles. The SMILES string of the molecule is [C-]#[N+]C(C)=C1CCN(c2ccc(N3C[C@H](CNC(=O)CCl)OC3=O)cc2F)CC1. The maximum absolute atomic E-state index is 14.8. The van der Waals surface area contributed by atoms with Crippen LogP contribution < -0.4 is 15.1 Å². The van der Waals surface area contributed by atoms with Crippen LogP contribution in [0.4, 0.5) is 20.6 Å². The summed E-state index contributed by atoms with van der Waals surface area (Å²) in [6.45, 7) is 10.6. The van der Waals surface area contributed by atoms with E-state index in [1.165, 1.54) is 11.0 Å². The van der Waals surface area contributed by atoms with E-state index < -0.39 is 18.0 Å². The number of nitrogens with one attached hydrogen (secondary N) is 1. The van der Waals surface area contributed by atoms with E-state index in [2.05, 4.69) is 10.2 Å². The zero-order valence-corrected chi connectivity index (χ0v) is 16.8. The molecule has 0 bridgehead atoms. The summed E-state index contributed by atoms with van der Waals surface area (Å²) >= 11 is 5.43. The van der Waals surface area contributed by atoms with E-state index in [1.807, 2.05) is 11.8 Å². The number of ether oxygens (including phenoxy) is 1. The molecule has 3 rings (SSSR count). The second-order valence-electron chi connectivity index (χ2n) is 6.98. The number of hydrogen-bond acceptors (Lipinski definition) is 4. The van der Waals surface area contributed by atoms with E-state index in [1.54, 1.807) is 12.1 Å². The molecule has 0 saturated carbocycles. The standard InChI is InChI=1S/C20H22ClFN4O3/c1-13(23-2)14-5-7-25(8-6-14)18-4-3-15(9-17(18)22)26-12-16(29-20(26)28)11-24-19(27)10-21/h3-4,9,16H,5-8,10-12H2,1H3,(H,24,27)/t16-/m0/s1. The van der Waals surface area contributed by atoms with E-state index in [4.69, 9.17) is 22.9 Å². The average molecular weight is 421 g/mol. The first-order valence-electron chi connectivity index (χ1n) is 9.34. The third kappa shape index (κ3) is 4.80. The monoisotopic (exact) mass is 420 g/mol. The van der Waals surface area contributed by atoms with Crippen molar-refractivity contribution in [3.05, 3.63) is 46.7 Å². The molecule has 1 N–H and O–H groups in total. The highest BCUT2D eigenvalue weighted by atomic mass is 35.5. The first kappa shape index (κ1) is 20.9. The van der Waals surface area contributed by atoms with Crippen LogP contribution in [0.3, 0.4) is 0 Å². The van der Waals surface area contributed by atoms with Crippen LogP contribution in [-0.2, 0) is 9.53 Å². The lowest BCUT2D eigenvalue weighted by Crippen LogP contribution is -2.35. The molecule has 1 aromatic rings. The molecule has 9 heteroatoms. The second kappa shape index (κ2) is 9.14. The Morgan fingerprint density at radius 1 is 1.41 bits per heavy atom. The second-order valence-corrected chi connectivity index (χ2v) is 7.24. The van der Waals surface area contributed by atoms with Crippen molar-refractivity contribution in [2.24, 2.45) is 0 Å². The Balaban J connectivity index is 1.65. The average Bonchev–Trinajstić information content (AvgIpc) is 3.12.